The highest BCUT2D eigenvalue weighted by atomic mass is 32.1. The van der Waals surface area contributed by atoms with Gasteiger partial charge < -0.3 is 4.74 Å². The maximum absolute atomic E-state index is 5.45. The summed E-state index contributed by atoms with van der Waals surface area (Å²) in [6.07, 6.45) is 1.18. The van der Waals surface area contributed by atoms with Crippen molar-refractivity contribution in [1.82, 2.24) is 0 Å². The number of hydrogen-bond acceptors (Lipinski definition) is 2. The summed E-state index contributed by atoms with van der Waals surface area (Å²) >= 11 is 4.09. The van der Waals surface area contributed by atoms with Crippen LogP contribution in [0.3, 0.4) is 0 Å². The number of thiol groups is 1. The van der Waals surface area contributed by atoms with E-state index in [1.807, 2.05) is 12.1 Å². The van der Waals surface area contributed by atoms with Crippen LogP contribution in [0.2, 0.25) is 0 Å². The molecule has 1 aromatic carbocycles. The summed E-state index contributed by atoms with van der Waals surface area (Å²) < 4.78 is 5.45. The highest BCUT2D eigenvalue weighted by Gasteiger charge is 2.02. The van der Waals surface area contributed by atoms with Gasteiger partial charge in [-0.15, -0.1) is 0 Å². The largest absolute Gasteiger partial charge is 0.493 e. The first kappa shape index (κ1) is 11.4. The summed E-state index contributed by atoms with van der Waals surface area (Å²) in [7, 11) is 0. The van der Waals surface area contributed by atoms with Crippen molar-refractivity contribution in [2.24, 2.45) is 0 Å². The Balaban J connectivity index is 2.59. The number of benzene rings is 1. The fourth-order valence-electron chi connectivity index (χ4n) is 1.29. The van der Waals surface area contributed by atoms with Crippen LogP contribution in [-0.2, 0) is 0 Å². The fourth-order valence-corrected chi connectivity index (χ4v) is 1.38. The Kier molecular flexibility index (Phi) is 4.88. The van der Waals surface area contributed by atoms with Crippen LogP contribution in [0, 0.1) is 0 Å². The second kappa shape index (κ2) is 5.97. The van der Waals surface area contributed by atoms with Gasteiger partial charge in [0.1, 0.15) is 5.75 Å². The van der Waals surface area contributed by atoms with E-state index >= 15 is 0 Å². The molecule has 2 heteroatoms. The van der Waals surface area contributed by atoms with Crippen LogP contribution >= 0.6 is 12.6 Å². The number of ether oxygens (including phenoxy) is 1. The van der Waals surface area contributed by atoms with Gasteiger partial charge in [0.05, 0.1) is 6.61 Å². The lowest BCUT2D eigenvalue weighted by atomic mass is 9.99. The average Bonchev–Trinajstić information content (AvgIpc) is 2.26. The Bertz CT molecular complexity index is 256. The lowest BCUT2D eigenvalue weighted by molar-refractivity contribution is 0.344. The normalized spacial score (nSPS) is 12.5. The molecule has 0 radical (unpaired) electrons. The molecule has 0 amide bonds. The van der Waals surface area contributed by atoms with Crippen LogP contribution in [0.4, 0.5) is 0 Å². The van der Waals surface area contributed by atoms with Crippen molar-refractivity contribution in [1.29, 1.82) is 0 Å². The van der Waals surface area contributed by atoms with E-state index in [0.29, 0.717) is 12.5 Å². The molecular weight excluding hydrogens is 192 g/mol. The molecule has 0 aliphatic heterocycles. The molecule has 1 atom stereocenters. The molecule has 0 aliphatic rings. The first-order chi connectivity index (χ1) is 6.77. The van der Waals surface area contributed by atoms with Crippen molar-refractivity contribution in [2.45, 2.75) is 26.2 Å². The molecule has 0 spiro atoms. The summed E-state index contributed by atoms with van der Waals surface area (Å²) in [6.45, 7) is 5.12. The third-order valence-electron chi connectivity index (χ3n) is 2.42. The van der Waals surface area contributed by atoms with Gasteiger partial charge in [0, 0.05) is 5.75 Å². The van der Waals surface area contributed by atoms with Crippen LogP contribution < -0.4 is 4.74 Å². The minimum absolute atomic E-state index is 0.633. The third-order valence-corrected chi connectivity index (χ3v) is 2.60. The molecule has 0 saturated heterocycles. The van der Waals surface area contributed by atoms with Crippen LogP contribution in [0.15, 0.2) is 24.3 Å². The Morgan fingerprint density at radius 1 is 1.29 bits per heavy atom. The molecule has 1 rings (SSSR count). The van der Waals surface area contributed by atoms with E-state index in [-0.39, 0.29) is 0 Å². The van der Waals surface area contributed by atoms with E-state index in [9.17, 15) is 0 Å². The highest BCUT2D eigenvalue weighted by molar-refractivity contribution is 7.80. The summed E-state index contributed by atoms with van der Waals surface area (Å²) in [6, 6.07) is 8.35. The Morgan fingerprint density at radius 3 is 2.43 bits per heavy atom. The van der Waals surface area contributed by atoms with Gasteiger partial charge in [-0.3, -0.25) is 0 Å². The molecule has 0 saturated carbocycles. The van der Waals surface area contributed by atoms with E-state index in [4.69, 9.17) is 4.74 Å². The SMILES string of the molecule is CCC(C)c1ccc(OCCS)cc1. The minimum atomic E-state index is 0.633. The maximum atomic E-state index is 5.45. The Hall–Kier alpha value is -0.630. The third kappa shape index (κ3) is 3.26. The number of rotatable bonds is 5. The molecule has 78 valence electrons. The van der Waals surface area contributed by atoms with Crippen molar-refractivity contribution < 1.29 is 4.74 Å². The van der Waals surface area contributed by atoms with Crippen molar-refractivity contribution in [2.75, 3.05) is 12.4 Å². The molecule has 0 aliphatic carbocycles. The van der Waals surface area contributed by atoms with Gasteiger partial charge in [0.15, 0.2) is 0 Å². The molecule has 1 nitrogen and oxygen atoms in total. The molecule has 0 heterocycles. The predicted octanol–water partition coefficient (Wildman–Crippen LogP) is 3.51. The monoisotopic (exact) mass is 210 g/mol. The highest BCUT2D eigenvalue weighted by Crippen LogP contribution is 2.21. The quantitative estimate of drug-likeness (QED) is 0.732. The van der Waals surface area contributed by atoms with E-state index in [1.165, 1.54) is 12.0 Å². The van der Waals surface area contributed by atoms with Crippen molar-refractivity contribution in [3.63, 3.8) is 0 Å². The van der Waals surface area contributed by atoms with E-state index < -0.39 is 0 Å². The molecule has 0 bridgehead atoms. The van der Waals surface area contributed by atoms with Gasteiger partial charge in [-0.1, -0.05) is 26.0 Å². The Labute approximate surface area is 91.9 Å². The molecule has 0 N–H and O–H groups in total. The van der Waals surface area contributed by atoms with E-state index in [0.717, 1.165) is 11.5 Å². The molecular formula is C12H18OS. The average molecular weight is 210 g/mol. The second-order valence-corrected chi connectivity index (χ2v) is 3.90. The fraction of sp³-hybridized carbons (Fsp3) is 0.500. The topological polar surface area (TPSA) is 9.23 Å². The van der Waals surface area contributed by atoms with Gasteiger partial charge in [0.2, 0.25) is 0 Å². The van der Waals surface area contributed by atoms with Crippen LogP contribution in [0.25, 0.3) is 0 Å². The van der Waals surface area contributed by atoms with Gasteiger partial charge in [-0.05, 0) is 30.0 Å². The standard InChI is InChI=1S/C12H18OS/c1-3-10(2)11-4-6-12(7-5-11)13-8-9-14/h4-7,10,14H,3,8-9H2,1-2H3. The summed E-state index contributed by atoms with van der Waals surface area (Å²) in [5.74, 6) is 2.33. The summed E-state index contributed by atoms with van der Waals surface area (Å²) in [5.41, 5.74) is 1.38. The van der Waals surface area contributed by atoms with Crippen molar-refractivity contribution in [3.8, 4) is 5.75 Å². The van der Waals surface area contributed by atoms with Gasteiger partial charge in [0.25, 0.3) is 0 Å². The van der Waals surface area contributed by atoms with Gasteiger partial charge in [-0.2, -0.15) is 12.6 Å². The smallest absolute Gasteiger partial charge is 0.119 e. The lowest BCUT2D eigenvalue weighted by Gasteiger charge is -2.10. The zero-order chi connectivity index (χ0) is 10.4. The number of hydrogen-bond donors (Lipinski definition) is 1. The first-order valence-corrected chi connectivity index (χ1v) is 5.74. The summed E-state index contributed by atoms with van der Waals surface area (Å²) in [4.78, 5) is 0. The lowest BCUT2D eigenvalue weighted by Crippen LogP contribution is -1.98. The zero-order valence-corrected chi connectivity index (χ0v) is 9.76. The van der Waals surface area contributed by atoms with E-state index in [1.54, 1.807) is 0 Å². The Morgan fingerprint density at radius 2 is 1.93 bits per heavy atom. The first-order valence-electron chi connectivity index (χ1n) is 5.11. The van der Waals surface area contributed by atoms with Crippen molar-refractivity contribution >= 4 is 12.6 Å². The van der Waals surface area contributed by atoms with E-state index in [2.05, 4.69) is 38.6 Å². The summed E-state index contributed by atoms with van der Waals surface area (Å²) in [5, 5.41) is 0. The van der Waals surface area contributed by atoms with Crippen LogP contribution in [-0.4, -0.2) is 12.4 Å². The molecule has 1 unspecified atom stereocenters. The van der Waals surface area contributed by atoms with Gasteiger partial charge in [-0.25, -0.2) is 0 Å². The molecule has 0 aromatic heterocycles. The van der Waals surface area contributed by atoms with Gasteiger partial charge >= 0.3 is 0 Å². The molecule has 0 fully saturated rings. The van der Waals surface area contributed by atoms with Crippen LogP contribution in [0.5, 0.6) is 5.75 Å². The second-order valence-electron chi connectivity index (χ2n) is 3.45. The predicted molar refractivity (Wildman–Crippen MR) is 64.5 cm³/mol. The van der Waals surface area contributed by atoms with Crippen LogP contribution in [0.1, 0.15) is 31.7 Å². The zero-order valence-electron chi connectivity index (χ0n) is 8.86. The van der Waals surface area contributed by atoms with Crippen molar-refractivity contribution in [3.05, 3.63) is 29.8 Å². The molecule has 14 heavy (non-hydrogen) atoms. The molecule has 1 aromatic rings. The maximum Gasteiger partial charge on any atom is 0.119 e. The minimum Gasteiger partial charge on any atom is -0.493 e.